The number of hydrogen-bond donors (Lipinski definition) is 0. The van der Waals surface area contributed by atoms with Crippen LogP contribution >= 0.6 is 22.6 Å². The Morgan fingerprint density at radius 1 is 1.86 bits per heavy atom. The monoisotopic (exact) mass is 208 g/mol. The van der Waals surface area contributed by atoms with Crippen molar-refractivity contribution >= 4 is 22.6 Å². The van der Waals surface area contributed by atoms with Gasteiger partial charge in [-0.15, -0.1) is 12.3 Å². The van der Waals surface area contributed by atoms with E-state index < -0.39 is 0 Å². The second kappa shape index (κ2) is 4.45. The molecule has 0 radical (unpaired) electrons. The highest BCUT2D eigenvalue weighted by atomic mass is 127. The third kappa shape index (κ3) is 6.29. The van der Waals surface area contributed by atoms with Crippen molar-refractivity contribution < 1.29 is 0 Å². The van der Waals surface area contributed by atoms with Gasteiger partial charge >= 0.3 is 0 Å². The molecule has 7 heavy (non-hydrogen) atoms. The smallest absolute Gasteiger partial charge is 0.00959 e. The SMILES string of the molecule is C#CCCC(C)I. The molecule has 0 aromatic heterocycles. The molecule has 1 atom stereocenters. The minimum absolute atomic E-state index is 0.730. The fourth-order valence-electron chi connectivity index (χ4n) is 0.282. The van der Waals surface area contributed by atoms with Gasteiger partial charge in [0.25, 0.3) is 0 Å². The van der Waals surface area contributed by atoms with Crippen LogP contribution in [-0.2, 0) is 0 Å². The van der Waals surface area contributed by atoms with Gasteiger partial charge in [-0.3, -0.25) is 0 Å². The lowest BCUT2D eigenvalue weighted by molar-refractivity contribution is 0.872. The van der Waals surface area contributed by atoms with Crippen LogP contribution in [0.5, 0.6) is 0 Å². The molecule has 0 aliphatic rings. The fourth-order valence-corrected chi connectivity index (χ4v) is 0.594. The average molecular weight is 208 g/mol. The Morgan fingerprint density at radius 2 is 2.43 bits per heavy atom. The summed E-state index contributed by atoms with van der Waals surface area (Å²) < 4.78 is 0.730. The molecule has 0 amide bonds. The van der Waals surface area contributed by atoms with Crippen LogP contribution in [0.4, 0.5) is 0 Å². The van der Waals surface area contributed by atoms with Crippen LogP contribution in [0.15, 0.2) is 0 Å². The van der Waals surface area contributed by atoms with Crippen LogP contribution in [0, 0.1) is 12.3 Å². The molecule has 40 valence electrons. The molecule has 0 aliphatic carbocycles. The van der Waals surface area contributed by atoms with Gasteiger partial charge in [-0.05, 0) is 6.42 Å². The molecule has 0 saturated heterocycles. The Balaban J connectivity index is 2.86. The minimum atomic E-state index is 0.730. The predicted molar refractivity (Wildman–Crippen MR) is 41.5 cm³/mol. The van der Waals surface area contributed by atoms with Crippen LogP contribution in [-0.4, -0.2) is 3.92 Å². The van der Waals surface area contributed by atoms with E-state index in [1.165, 1.54) is 0 Å². The van der Waals surface area contributed by atoms with Crippen LogP contribution in [0.3, 0.4) is 0 Å². The van der Waals surface area contributed by atoms with E-state index in [1.54, 1.807) is 0 Å². The largest absolute Gasteiger partial charge is 0.120 e. The molecule has 1 unspecified atom stereocenters. The summed E-state index contributed by atoms with van der Waals surface area (Å²) in [5, 5.41) is 0. The molecule has 0 heterocycles. The minimum Gasteiger partial charge on any atom is -0.120 e. The summed E-state index contributed by atoms with van der Waals surface area (Å²) in [6.07, 6.45) is 7.09. The van der Waals surface area contributed by atoms with Crippen molar-refractivity contribution in [2.75, 3.05) is 0 Å². The molecule has 0 spiro atoms. The molecule has 0 aromatic rings. The molecule has 0 fully saturated rings. The molecule has 0 nitrogen and oxygen atoms in total. The third-order valence-electron chi connectivity index (χ3n) is 0.686. The van der Waals surface area contributed by atoms with E-state index in [2.05, 4.69) is 35.4 Å². The molecule has 0 aliphatic heterocycles. The van der Waals surface area contributed by atoms with Crippen molar-refractivity contribution in [3.8, 4) is 12.3 Å². The van der Waals surface area contributed by atoms with Gasteiger partial charge in [0.15, 0.2) is 0 Å². The first-order valence-electron chi connectivity index (χ1n) is 2.35. The fraction of sp³-hybridized carbons (Fsp3) is 0.667. The lowest BCUT2D eigenvalue weighted by Crippen LogP contribution is -1.85. The first-order valence-corrected chi connectivity index (χ1v) is 3.59. The zero-order valence-electron chi connectivity index (χ0n) is 4.45. The van der Waals surface area contributed by atoms with Crippen LogP contribution < -0.4 is 0 Å². The van der Waals surface area contributed by atoms with Crippen molar-refractivity contribution in [3.63, 3.8) is 0 Å². The maximum Gasteiger partial charge on any atom is 0.00959 e. The van der Waals surface area contributed by atoms with Gasteiger partial charge in [0, 0.05) is 10.3 Å². The highest BCUT2D eigenvalue weighted by Crippen LogP contribution is 2.05. The van der Waals surface area contributed by atoms with Gasteiger partial charge in [-0.2, -0.15) is 0 Å². The molecular weight excluding hydrogens is 199 g/mol. The zero-order chi connectivity index (χ0) is 5.70. The summed E-state index contributed by atoms with van der Waals surface area (Å²) in [5.41, 5.74) is 0. The van der Waals surface area contributed by atoms with Gasteiger partial charge < -0.3 is 0 Å². The lowest BCUT2D eigenvalue weighted by atomic mass is 10.3. The topological polar surface area (TPSA) is 0 Å². The van der Waals surface area contributed by atoms with E-state index in [-0.39, 0.29) is 0 Å². The van der Waals surface area contributed by atoms with Gasteiger partial charge in [0.1, 0.15) is 0 Å². The number of hydrogen-bond acceptors (Lipinski definition) is 0. The van der Waals surface area contributed by atoms with Crippen LogP contribution in [0.25, 0.3) is 0 Å². The van der Waals surface area contributed by atoms with Crippen LogP contribution in [0.2, 0.25) is 0 Å². The van der Waals surface area contributed by atoms with Gasteiger partial charge in [0.05, 0.1) is 0 Å². The number of alkyl halides is 1. The van der Waals surface area contributed by atoms with Crippen molar-refractivity contribution in [1.29, 1.82) is 0 Å². The number of rotatable bonds is 2. The highest BCUT2D eigenvalue weighted by Gasteiger charge is 1.89. The van der Waals surface area contributed by atoms with Gasteiger partial charge in [0.2, 0.25) is 0 Å². The summed E-state index contributed by atoms with van der Waals surface area (Å²) in [5.74, 6) is 2.59. The van der Waals surface area contributed by atoms with Crippen molar-refractivity contribution in [1.82, 2.24) is 0 Å². The van der Waals surface area contributed by atoms with Crippen molar-refractivity contribution in [2.45, 2.75) is 23.7 Å². The Kier molecular flexibility index (Phi) is 4.63. The van der Waals surface area contributed by atoms with E-state index >= 15 is 0 Å². The van der Waals surface area contributed by atoms with E-state index in [9.17, 15) is 0 Å². The average Bonchev–Trinajstić information content (AvgIpc) is 1.61. The Labute approximate surface area is 58.8 Å². The van der Waals surface area contributed by atoms with Crippen LogP contribution in [0.1, 0.15) is 19.8 Å². The third-order valence-corrected chi connectivity index (χ3v) is 1.31. The summed E-state index contributed by atoms with van der Waals surface area (Å²) >= 11 is 2.37. The molecule has 1 heteroatoms. The van der Waals surface area contributed by atoms with E-state index in [0.717, 1.165) is 16.8 Å². The van der Waals surface area contributed by atoms with E-state index in [4.69, 9.17) is 6.42 Å². The molecule has 0 saturated carbocycles. The Morgan fingerprint density at radius 3 is 2.57 bits per heavy atom. The predicted octanol–water partition coefficient (Wildman–Crippen LogP) is 2.22. The summed E-state index contributed by atoms with van der Waals surface area (Å²) in [6, 6.07) is 0. The zero-order valence-corrected chi connectivity index (χ0v) is 6.60. The molecule has 0 rings (SSSR count). The Hall–Kier alpha value is 0.290. The van der Waals surface area contributed by atoms with E-state index in [0.29, 0.717) is 0 Å². The summed E-state index contributed by atoms with van der Waals surface area (Å²) in [4.78, 5) is 0. The van der Waals surface area contributed by atoms with E-state index in [1.807, 2.05) is 0 Å². The summed E-state index contributed by atoms with van der Waals surface area (Å²) in [7, 11) is 0. The molecule has 0 bridgehead atoms. The summed E-state index contributed by atoms with van der Waals surface area (Å²) in [6.45, 7) is 2.16. The number of halogens is 1. The lowest BCUT2D eigenvalue weighted by Gasteiger charge is -1.93. The van der Waals surface area contributed by atoms with Gasteiger partial charge in [-0.1, -0.05) is 29.5 Å². The molecule has 0 N–H and O–H groups in total. The second-order valence-electron chi connectivity index (χ2n) is 1.52. The van der Waals surface area contributed by atoms with Crippen molar-refractivity contribution in [3.05, 3.63) is 0 Å². The van der Waals surface area contributed by atoms with Crippen molar-refractivity contribution in [2.24, 2.45) is 0 Å². The maximum absolute atomic E-state index is 5.02. The second-order valence-corrected chi connectivity index (χ2v) is 3.65. The molecular formula is C6H9I. The maximum atomic E-state index is 5.02. The Bertz CT molecular complexity index is 68.7. The quantitative estimate of drug-likeness (QED) is 0.370. The number of terminal acetylenes is 1. The van der Waals surface area contributed by atoms with Gasteiger partial charge in [-0.25, -0.2) is 0 Å². The molecule has 0 aromatic carbocycles. The standard InChI is InChI=1S/C6H9I/c1-3-4-5-6(2)7/h1,6H,4-5H2,2H3. The first-order chi connectivity index (χ1) is 3.27. The first kappa shape index (κ1) is 7.29. The normalized spacial score (nSPS) is 12.7. The highest BCUT2D eigenvalue weighted by molar-refractivity contribution is 14.1.